The third-order valence-electron chi connectivity index (χ3n) is 2.94. The van der Waals surface area contributed by atoms with Crippen LogP contribution in [0, 0.1) is 6.92 Å². The second-order valence-corrected chi connectivity index (χ2v) is 3.99. The Morgan fingerprint density at radius 1 is 1.31 bits per heavy atom. The summed E-state index contributed by atoms with van der Waals surface area (Å²) in [5, 5.41) is 10.4. The van der Waals surface area contributed by atoms with Gasteiger partial charge in [0.1, 0.15) is 5.65 Å². The highest BCUT2D eigenvalue weighted by Crippen LogP contribution is 2.22. The summed E-state index contributed by atoms with van der Waals surface area (Å²) in [6.45, 7) is 2.15. The highest BCUT2D eigenvalue weighted by Gasteiger charge is 2.04. The van der Waals surface area contributed by atoms with E-state index in [2.05, 4.69) is 24.0 Å². The average Bonchev–Trinajstić information content (AvgIpc) is 2.76. The molecule has 16 heavy (non-hydrogen) atoms. The number of aryl methyl sites for hydroxylation is 1. The summed E-state index contributed by atoms with van der Waals surface area (Å²) in [5.41, 5.74) is 4.17. The highest BCUT2D eigenvalue weighted by atomic mass is 16.3. The first-order valence-electron chi connectivity index (χ1n) is 5.26. The van der Waals surface area contributed by atoms with Gasteiger partial charge in [0.2, 0.25) is 0 Å². The first-order chi connectivity index (χ1) is 7.79. The van der Waals surface area contributed by atoms with Crippen molar-refractivity contribution < 1.29 is 5.11 Å². The summed E-state index contributed by atoms with van der Waals surface area (Å²) in [7, 11) is 0. The van der Waals surface area contributed by atoms with Crippen LogP contribution in [0.25, 0.3) is 16.6 Å². The number of rotatable bonds is 1. The summed E-state index contributed by atoms with van der Waals surface area (Å²) < 4.78 is 2.04. The quantitative estimate of drug-likeness (QED) is 0.672. The monoisotopic (exact) mass is 212 g/mol. The van der Waals surface area contributed by atoms with Crippen LogP contribution in [0.4, 0.5) is 0 Å². The number of aliphatic hydroxyl groups is 1. The number of pyridine rings is 1. The molecule has 0 radical (unpaired) electrons. The third kappa shape index (κ3) is 1.22. The number of hydrogen-bond acceptors (Lipinski definition) is 2. The first-order valence-corrected chi connectivity index (χ1v) is 5.26. The molecule has 80 valence electrons. The molecule has 0 saturated heterocycles. The molecule has 0 aliphatic carbocycles. The van der Waals surface area contributed by atoms with Crippen LogP contribution in [0.2, 0.25) is 0 Å². The van der Waals surface area contributed by atoms with Crippen molar-refractivity contribution in [3.63, 3.8) is 0 Å². The van der Waals surface area contributed by atoms with E-state index in [4.69, 9.17) is 5.11 Å². The maximum atomic E-state index is 9.16. The van der Waals surface area contributed by atoms with Crippen LogP contribution in [0.15, 0.2) is 36.7 Å². The van der Waals surface area contributed by atoms with Crippen molar-refractivity contribution in [1.82, 2.24) is 9.38 Å². The second-order valence-electron chi connectivity index (χ2n) is 3.99. The standard InChI is InChI=1S/C13H12N2O/c1-9-6-13-14-4-5-15(13)12-7-10(8-16)2-3-11(9)12/h2-7,16H,8H2,1H3. The Hall–Kier alpha value is -1.87. The Bertz CT molecular complexity index is 670. The van der Waals surface area contributed by atoms with Crippen LogP contribution in [-0.2, 0) is 6.61 Å². The van der Waals surface area contributed by atoms with Gasteiger partial charge < -0.3 is 5.11 Å². The maximum absolute atomic E-state index is 9.16. The number of fused-ring (bicyclic) bond motifs is 3. The van der Waals surface area contributed by atoms with Crippen molar-refractivity contribution in [2.45, 2.75) is 13.5 Å². The third-order valence-corrected chi connectivity index (χ3v) is 2.94. The molecule has 0 fully saturated rings. The van der Waals surface area contributed by atoms with Gasteiger partial charge in [-0.3, -0.25) is 4.40 Å². The van der Waals surface area contributed by atoms with Gasteiger partial charge in [-0.2, -0.15) is 0 Å². The number of nitrogens with zero attached hydrogens (tertiary/aromatic N) is 2. The average molecular weight is 212 g/mol. The molecule has 1 N–H and O–H groups in total. The Morgan fingerprint density at radius 3 is 3.00 bits per heavy atom. The minimum atomic E-state index is 0.0695. The van der Waals surface area contributed by atoms with Crippen molar-refractivity contribution in [1.29, 1.82) is 0 Å². The van der Waals surface area contributed by atoms with Crippen LogP contribution in [0.1, 0.15) is 11.1 Å². The Kier molecular flexibility index (Phi) is 1.94. The molecule has 0 bridgehead atoms. The van der Waals surface area contributed by atoms with E-state index in [-0.39, 0.29) is 6.61 Å². The molecule has 3 rings (SSSR count). The van der Waals surface area contributed by atoms with Crippen molar-refractivity contribution in [2.24, 2.45) is 0 Å². The largest absolute Gasteiger partial charge is 0.392 e. The lowest BCUT2D eigenvalue weighted by Gasteiger charge is -2.07. The van der Waals surface area contributed by atoms with Crippen molar-refractivity contribution in [3.05, 3.63) is 47.8 Å². The Labute approximate surface area is 93.0 Å². The number of benzene rings is 1. The molecule has 3 nitrogen and oxygen atoms in total. The molecule has 0 spiro atoms. The predicted molar refractivity (Wildman–Crippen MR) is 63.4 cm³/mol. The lowest BCUT2D eigenvalue weighted by atomic mass is 10.1. The predicted octanol–water partition coefficient (Wildman–Crippen LogP) is 2.29. The van der Waals surface area contributed by atoms with Gasteiger partial charge >= 0.3 is 0 Å². The van der Waals surface area contributed by atoms with Gasteiger partial charge in [0.15, 0.2) is 0 Å². The maximum Gasteiger partial charge on any atom is 0.137 e. The number of aliphatic hydroxyl groups excluding tert-OH is 1. The molecule has 1 aromatic carbocycles. The van der Waals surface area contributed by atoms with Gasteiger partial charge in [-0.15, -0.1) is 0 Å². The SMILES string of the molecule is Cc1cc2nccn2c2cc(CO)ccc12. The van der Waals surface area contributed by atoms with Gasteiger partial charge in [0.25, 0.3) is 0 Å². The van der Waals surface area contributed by atoms with Crippen molar-refractivity contribution in [3.8, 4) is 0 Å². The summed E-state index contributed by atoms with van der Waals surface area (Å²) >= 11 is 0. The van der Waals surface area contributed by atoms with Gasteiger partial charge in [-0.1, -0.05) is 12.1 Å². The van der Waals surface area contributed by atoms with E-state index in [9.17, 15) is 0 Å². The molecule has 3 heteroatoms. The molecule has 0 atom stereocenters. The molecule has 0 amide bonds. The van der Waals surface area contributed by atoms with E-state index in [1.165, 1.54) is 10.9 Å². The molecule has 3 aromatic rings. The van der Waals surface area contributed by atoms with Gasteiger partial charge in [-0.25, -0.2) is 4.98 Å². The molecule has 0 unspecified atom stereocenters. The first kappa shape index (κ1) is 9.36. The smallest absolute Gasteiger partial charge is 0.137 e. The number of aromatic nitrogens is 2. The van der Waals surface area contributed by atoms with Crippen LogP contribution >= 0.6 is 0 Å². The summed E-state index contributed by atoms with van der Waals surface area (Å²) in [5.74, 6) is 0. The summed E-state index contributed by atoms with van der Waals surface area (Å²) in [4.78, 5) is 4.29. The molecule has 0 aliphatic heterocycles. The fourth-order valence-electron chi connectivity index (χ4n) is 2.11. The molecular formula is C13H12N2O. The minimum Gasteiger partial charge on any atom is -0.392 e. The fourth-order valence-corrected chi connectivity index (χ4v) is 2.11. The van der Waals surface area contributed by atoms with Crippen molar-refractivity contribution >= 4 is 16.6 Å². The van der Waals surface area contributed by atoms with E-state index in [0.717, 1.165) is 16.7 Å². The molecular weight excluding hydrogens is 200 g/mol. The summed E-state index contributed by atoms with van der Waals surface area (Å²) in [6, 6.07) is 8.09. The Balaban J connectivity index is 2.52. The number of hydrogen-bond donors (Lipinski definition) is 1. The van der Waals surface area contributed by atoms with E-state index < -0.39 is 0 Å². The number of imidazole rings is 1. The van der Waals surface area contributed by atoms with Crippen LogP contribution in [-0.4, -0.2) is 14.5 Å². The lowest BCUT2D eigenvalue weighted by molar-refractivity contribution is 0.282. The molecule has 2 aromatic heterocycles. The van der Waals surface area contributed by atoms with Gasteiger partial charge in [-0.05, 0) is 30.2 Å². The zero-order valence-electron chi connectivity index (χ0n) is 9.01. The zero-order chi connectivity index (χ0) is 11.1. The van der Waals surface area contributed by atoms with Gasteiger partial charge in [0.05, 0.1) is 12.1 Å². The topological polar surface area (TPSA) is 37.5 Å². The summed E-state index contributed by atoms with van der Waals surface area (Å²) in [6.07, 6.45) is 3.73. The normalized spacial score (nSPS) is 11.4. The Morgan fingerprint density at radius 2 is 2.19 bits per heavy atom. The van der Waals surface area contributed by atoms with E-state index >= 15 is 0 Å². The van der Waals surface area contributed by atoms with Crippen LogP contribution in [0.3, 0.4) is 0 Å². The molecule has 0 aliphatic rings. The minimum absolute atomic E-state index is 0.0695. The van der Waals surface area contributed by atoms with Gasteiger partial charge in [0, 0.05) is 17.8 Å². The van der Waals surface area contributed by atoms with E-state index in [1.807, 2.05) is 22.7 Å². The van der Waals surface area contributed by atoms with Crippen LogP contribution < -0.4 is 0 Å². The van der Waals surface area contributed by atoms with Crippen LogP contribution in [0.5, 0.6) is 0 Å². The fraction of sp³-hybridized carbons (Fsp3) is 0.154. The van der Waals surface area contributed by atoms with Crippen molar-refractivity contribution in [2.75, 3.05) is 0 Å². The van der Waals surface area contributed by atoms with E-state index in [0.29, 0.717) is 0 Å². The van der Waals surface area contributed by atoms with E-state index in [1.54, 1.807) is 6.20 Å². The highest BCUT2D eigenvalue weighted by molar-refractivity contribution is 5.85. The second kappa shape index (κ2) is 3.32. The zero-order valence-corrected chi connectivity index (χ0v) is 9.01. The lowest BCUT2D eigenvalue weighted by Crippen LogP contribution is -1.92. The molecule has 0 saturated carbocycles. The molecule has 2 heterocycles.